The second-order valence-corrected chi connectivity index (χ2v) is 6.80. The number of fused-ring (bicyclic) bond motifs is 2. The van der Waals surface area contributed by atoms with Crippen LogP contribution in [0, 0.1) is 5.92 Å². The molecule has 2 atom stereocenters. The van der Waals surface area contributed by atoms with Crippen molar-refractivity contribution in [2.45, 2.75) is 31.7 Å². The lowest BCUT2D eigenvalue weighted by molar-refractivity contribution is -0.133. The van der Waals surface area contributed by atoms with Crippen LogP contribution >= 0.6 is 0 Å². The van der Waals surface area contributed by atoms with E-state index in [1.807, 2.05) is 17.2 Å². The number of hydrogen-bond donors (Lipinski definition) is 1. The van der Waals surface area contributed by atoms with Gasteiger partial charge in [0.1, 0.15) is 6.33 Å². The Bertz CT molecular complexity index is 804. The van der Waals surface area contributed by atoms with Gasteiger partial charge in [0.15, 0.2) is 5.65 Å². The van der Waals surface area contributed by atoms with Crippen molar-refractivity contribution in [3.05, 3.63) is 30.2 Å². The Hall–Kier alpha value is -2.64. The number of carbonyl (C=O) groups is 2. The predicted molar refractivity (Wildman–Crippen MR) is 89.1 cm³/mol. The van der Waals surface area contributed by atoms with E-state index in [2.05, 4.69) is 16.1 Å². The molecule has 25 heavy (non-hydrogen) atoms. The molecule has 0 saturated carbocycles. The number of rotatable bonds is 4. The molecule has 0 radical (unpaired) electrons. The number of nitrogens with zero attached hydrogens (tertiary/aromatic N) is 5. The van der Waals surface area contributed by atoms with Gasteiger partial charge in [0.2, 0.25) is 5.91 Å². The van der Waals surface area contributed by atoms with Crippen molar-refractivity contribution in [1.82, 2.24) is 24.4 Å². The molecule has 0 unspecified atom stereocenters. The van der Waals surface area contributed by atoms with Crippen LogP contribution in [-0.2, 0) is 11.2 Å². The van der Waals surface area contributed by atoms with Crippen LogP contribution in [0.15, 0.2) is 24.7 Å². The Morgan fingerprint density at radius 1 is 1.36 bits per heavy atom. The fourth-order valence-corrected chi connectivity index (χ4v) is 4.06. The quantitative estimate of drug-likeness (QED) is 0.902. The lowest BCUT2D eigenvalue weighted by atomic mass is 9.96. The zero-order chi connectivity index (χ0) is 17.4. The van der Waals surface area contributed by atoms with E-state index in [0.717, 1.165) is 36.9 Å². The largest absolute Gasteiger partial charge is 0.465 e. The van der Waals surface area contributed by atoms with Crippen LogP contribution in [0.1, 0.15) is 24.8 Å². The fourth-order valence-electron chi connectivity index (χ4n) is 4.06. The number of carboxylic acid groups (broad SMARTS) is 1. The molecule has 4 heterocycles. The number of pyridine rings is 1. The minimum atomic E-state index is -0.892. The molecular formula is C17H21N5O3. The van der Waals surface area contributed by atoms with Gasteiger partial charge in [-0.05, 0) is 37.3 Å². The standard InChI is InChI=1S/C17H21N5O3/c23-16-13(9-14-10-20(17(24)25)7-8-21(14)16)4-1-3-12-5-2-6-22-15(12)18-11-19-22/h2,5-6,11,13-14H,1,3-4,7-10H2,(H,24,25)/t13-,14-/m0/s1. The van der Waals surface area contributed by atoms with E-state index in [9.17, 15) is 9.59 Å². The van der Waals surface area contributed by atoms with Crippen molar-refractivity contribution in [3.8, 4) is 0 Å². The molecule has 0 aliphatic carbocycles. The highest BCUT2D eigenvalue weighted by molar-refractivity contribution is 5.82. The van der Waals surface area contributed by atoms with E-state index < -0.39 is 6.09 Å². The summed E-state index contributed by atoms with van der Waals surface area (Å²) in [6.45, 7) is 1.38. The van der Waals surface area contributed by atoms with Crippen LogP contribution < -0.4 is 0 Å². The normalized spacial score (nSPS) is 23.3. The molecule has 2 aromatic heterocycles. The van der Waals surface area contributed by atoms with Gasteiger partial charge in [-0.3, -0.25) is 4.79 Å². The van der Waals surface area contributed by atoms with Gasteiger partial charge in [-0.1, -0.05) is 6.07 Å². The Morgan fingerprint density at radius 2 is 2.24 bits per heavy atom. The molecule has 2 aliphatic heterocycles. The highest BCUT2D eigenvalue weighted by Gasteiger charge is 2.42. The highest BCUT2D eigenvalue weighted by atomic mass is 16.4. The maximum absolute atomic E-state index is 12.6. The third-order valence-corrected chi connectivity index (χ3v) is 5.33. The first-order valence-electron chi connectivity index (χ1n) is 8.69. The number of aromatic nitrogens is 3. The second-order valence-electron chi connectivity index (χ2n) is 6.80. The Balaban J connectivity index is 1.35. The Labute approximate surface area is 145 Å². The summed E-state index contributed by atoms with van der Waals surface area (Å²) in [5, 5.41) is 13.3. The summed E-state index contributed by atoms with van der Waals surface area (Å²) >= 11 is 0. The lowest BCUT2D eigenvalue weighted by Crippen LogP contribution is -2.52. The molecule has 0 bridgehead atoms. The van der Waals surface area contributed by atoms with Crippen molar-refractivity contribution >= 4 is 17.6 Å². The number of piperazine rings is 1. The van der Waals surface area contributed by atoms with E-state index in [-0.39, 0.29) is 17.9 Å². The molecule has 4 rings (SSSR count). The van der Waals surface area contributed by atoms with E-state index in [4.69, 9.17) is 5.11 Å². The molecule has 2 fully saturated rings. The van der Waals surface area contributed by atoms with Crippen LogP contribution in [0.25, 0.3) is 5.65 Å². The van der Waals surface area contributed by atoms with E-state index in [0.29, 0.717) is 19.6 Å². The smallest absolute Gasteiger partial charge is 0.407 e. The van der Waals surface area contributed by atoms with Gasteiger partial charge in [0.25, 0.3) is 0 Å². The molecular weight excluding hydrogens is 322 g/mol. The molecule has 0 aromatic carbocycles. The Kier molecular flexibility index (Phi) is 4.03. The summed E-state index contributed by atoms with van der Waals surface area (Å²) in [5.41, 5.74) is 2.01. The van der Waals surface area contributed by atoms with E-state index >= 15 is 0 Å². The van der Waals surface area contributed by atoms with Gasteiger partial charge >= 0.3 is 6.09 Å². The average molecular weight is 343 g/mol. The van der Waals surface area contributed by atoms with Crippen molar-refractivity contribution in [2.75, 3.05) is 19.6 Å². The van der Waals surface area contributed by atoms with Gasteiger partial charge in [-0.25, -0.2) is 14.3 Å². The molecule has 2 saturated heterocycles. The average Bonchev–Trinajstić information content (AvgIpc) is 3.20. The summed E-state index contributed by atoms with van der Waals surface area (Å²) in [6, 6.07) is 4.05. The molecule has 2 amide bonds. The van der Waals surface area contributed by atoms with Gasteiger partial charge in [0.05, 0.1) is 6.04 Å². The topological polar surface area (TPSA) is 91.0 Å². The number of aryl methyl sites for hydroxylation is 1. The first kappa shape index (κ1) is 15.9. The zero-order valence-corrected chi connectivity index (χ0v) is 13.9. The second kappa shape index (κ2) is 6.34. The minimum absolute atomic E-state index is 0.0105. The van der Waals surface area contributed by atoms with Gasteiger partial charge in [0, 0.05) is 31.7 Å². The van der Waals surface area contributed by atoms with Gasteiger partial charge < -0.3 is 14.9 Å². The van der Waals surface area contributed by atoms with Gasteiger partial charge in [-0.2, -0.15) is 5.10 Å². The first-order valence-corrected chi connectivity index (χ1v) is 8.69. The summed E-state index contributed by atoms with van der Waals surface area (Å²) in [4.78, 5) is 31.3. The summed E-state index contributed by atoms with van der Waals surface area (Å²) in [5.74, 6) is 0.201. The van der Waals surface area contributed by atoms with Crippen LogP contribution in [0.3, 0.4) is 0 Å². The molecule has 8 nitrogen and oxygen atoms in total. The lowest BCUT2D eigenvalue weighted by Gasteiger charge is -2.35. The molecule has 2 aliphatic rings. The van der Waals surface area contributed by atoms with Crippen molar-refractivity contribution in [3.63, 3.8) is 0 Å². The van der Waals surface area contributed by atoms with Crippen molar-refractivity contribution in [2.24, 2.45) is 5.92 Å². The molecule has 8 heteroatoms. The highest BCUT2D eigenvalue weighted by Crippen LogP contribution is 2.31. The van der Waals surface area contributed by atoms with Crippen LogP contribution in [-0.4, -0.2) is 67.2 Å². The monoisotopic (exact) mass is 343 g/mol. The maximum Gasteiger partial charge on any atom is 0.407 e. The van der Waals surface area contributed by atoms with Gasteiger partial charge in [-0.15, -0.1) is 0 Å². The number of amides is 2. The summed E-state index contributed by atoms with van der Waals surface area (Å²) in [6.07, 6.45) is 5.89. The molecule has 1 N–H and O–H groups in total. The third-order valence-electron chi connectivity index (χ3n) is 5.33. The summed E-state index contributed by atoms with van der Waals surface area (Å²) < 4.78 is 1.76. The first-order chi connectivity index (χ1) is 12.1. The zero-order valence-electron chi connectivity index (χ0n) is 13.9. The third kappa shape index (κ3) is 2.92. The fraction of sp³-hybridized carbons (Fsp3) is 0.529. The SMILES string of the molecule is O=C(O)N1CCN2C(=O)[C@@H](CCCc3cccn4ncnc34)C[C@H]2C1. The van der Waals surface area contributed by atoms with Crippen molar-refractivity contribution in [1.29, 1.82) is 0 Å². The number of hydrogen-bond acceptors (Lipinski definition) is 4. The molecule has 0 spiro atoms. The molecule has 132 valence electrons. The van der Waals surface area contributed by atoms with Crippen molar-refractivity contribution < 1.29 is 14.7 Å². The molecule has 2 aromatic rings. The van der Waals surface area contributed by atoms with Crippen LogP contribution in [0.2, 0.25) is 0 Å². The minimum Gasteiger partial charge on any atom is -0.465 e. The van der Waals surface area contributed by atoms with Crippen LogP contribution in [0.5, 0.6) is 0 Å². The number of carbonyl (C=O) groups excluding carboxylic acids is 1. The maximum atomic E-state index is 12.6. The Morgan fingerprint density at radius 3 is 3.08 bits per heavy atom. The summed E-state index contributed by atoms with van der Waals surface area (Å²) in [7, 11) is 0. The van der Waals surface area contributed by atoms with E-state index in [1.165, 1.54) is 4.90 Å². The van der Waals surface area contributed by atoms with Crippen LogP contribution in [0.4, 0.5) is 4.79 Å². The predicted octanol–water partition coefficient (Wildman–Crippen LogP) is 1.26. The van der Waals surface area contributed by atoms with E-state index in [1.54, 1.807) is 10.8 Å².